The first-order valence-electron chi connectivity index (χ1n) is 5.64. The summed E-state index contributed by atoms with van der Waals surface area (Å²) in [5.74, 6) is 0.361. The van der Waals surface area contributed by atoms with E-state index >= 15 is 0 Å². The Bertz CT molecular complexity index is 367. The summed E-state index contributed by atoms with van der Waals surface area (Å²) in [7, 11) is 0. The first kappa shape index (κ1) is 16.5. The Morgan fingerprint density at radius 2 is 1.65 bits per heavy atom. The van der Waals surface area contributed by atoms with Gasteiger partial charge in [-0.2, -0.15) is 0 Å². The van der Waals surface area contributed by atoms with Gasteiger partial charge in [-0.15, -0.1) is 0 Å². The average Bonchev–Trinajstić information content (AvgIpc) is 2.15. The summed E-state index contributed by atoms with van der Waals surface area (Å²) in [5, 5.41) is 9.36. The molecule has 0 atom stereocenters. The van der Waals surface area contributed by atoms with Crippen LogP contribution >= 0.6 is 0 Å². The molecular weight excluding hydrogens is 251 g/mol. The van der Waals surface area contributed by atoms with Crippen LogP contribution in [-0.4, -0.2) is 8.92 Å². The molecule has 0 aliphatic heterocycles. The van der Waals surface area contributed by atoms with Crippen molar-refractivity contribution in [1.29, 1.82) is 0 Å². The molecule has 1 rings (SSSR count). The first-order valence-corrected chi connectivity index (χ1v) is 7.02. The third kappa shape index (κ3) is 7.46. The normalized spacial score (nSPS) is 10.1. The van der Waals surface area contributed by atoms with E-state index in [1.165, 1.54) is 5.56 Å². The van der Waals surface area contributed by atoms with Gasteiger partial charge in [0.15, 0.2) is 0 Å². The summed E-state index contributed by atoms with van der Waals surface area (Å²) in [6.45, 7) is 12.1. The van der Waals surface area contributed by atoms with Crippen molar-refractivity contribution in [3.05, 3.63) is 29.3 Å². The van der Waals surface area contributed by atoms with E-state index in [1.54, 1.807) is 6.07 Å². The number of hydrogen-bond donors (Lipinski definition) is 1. The van der Waals surface area contributed by atoms with E-state index in [4.69, 9.17) is 0 Å². The largest absolute Gasteiger partial charge is 0.508 e. The number of benzene rings is 1. The van der Waals surface area contributed by atoms with Crippen LogP contribution in [0.5, 0.6) is 5.75 Å². The van der Waals surface area contributed by atoms with Gasteiger partial charge in [-0.25, -0.2) is 0 Å². The van der Waals surface area contributed by atoms with Gasteiger partial charge >= 0.3 is 40.0 Å². The SMILES string of the molecule is C[C](C)=[Ti][F].Cc1cc(O)cc(C(C)(C)C)c1. The monoisotopic (exact) mass is 273 g/mol. The number of phenolic OH excluding ortho intramolecular Hbond substituents is 1. The summed E-state index contributed by atoms with van der Waals surface area (Å²) >= 11 is -1.14. The standard InChI is InChI=1S/C11H16O.C3H6.FH.Ti/c1-8-5-9(11(2,3)4)7-10(12)6-8;1-3-2;;/h5-7,12H,1-4H3;1-2H3;1H;/q;;;+1/p-1. The van der Waals surface area contributed by atoms with Gasteiger partial charge in [0.1, 0.15) is 5.75 Å². The zero-order valence-corrected chi connectivity index (χ0v) is 13.1. The first-order chi connectivity index (χ1) is 7.66. The molecule has 0 bridgehead atoms. The molecule has 3 heteroatoms. The molecule has 0 saturated carbocycles. The van der Waals surface area contributed by atoms with Crippen LogP contribution in [0.25, 0.3) is 0 Å². The Morgan fingerprint density at radius 3 is 1.94 bits per heavy atom. The van der Waals surface area contributed by atoms with E-state index < -0.39 is 19.2 Å². The average molecular weight is 273 g/mol. The smallest absolute Gasteiger partial charge is 0.116 e. The predicted octanol–water partition coefficient (Wildman–Crippen LogP) is 4.16. The molecule has 0 aliphatic carbocycles. The summed E-state index contributed by atoms with van der Waals surface area (Å²) in [6, 6.07) is 5.71. The van der Waals surface area contributed by atoms with Crippen molar-refractivity contribution in [3.8, 4) is 5.75 Å². The molecule has 0 saturated heterocycles. The molecular formula is C14H22FOTi. The van der Waals surface area contributed by atoms with Gasteiger partial charge in [0.05, 0.1) is 0 Å². The molecule has 0 spiro atoms. The molecule has 1 aromatic rings. The van der Waals surface area contributed by atoms with Crippen LogP contribution in [0.4, 0.5) is 3.09 Å². The second-order valence-electron chi connectivity index (χ2n) is 5.40. The molecule has 17 heavy (non-hydrogen) atoms. The number of aryl methyl sites for hydroxylation is 1. The van der Waals surface area contributed by atoms with Crippen LogP contribution < -0.4 is 0 Å². The van der Waals surface area contributed by atoms with E-state index in [0.29, 0.717) is 5.75 Å². The van der Waals surface area contributed by atoms with Crippen molar-refractivity contribution in [1.82, 2.24) is 0 Å². The van der Waals surface area contributed by atoms with Gasteiger partial charge in [-0.3, -0.25) is 0 Å². The van der Waals surface area contributed by atoms with Crippen LogP contribution in [0.3, 0.4) is 0 Å². The van der Waals surface area contributed by atoms with Gasteiger partial charge in [0.25, 0.3) is 0 Å². The van der Waals surface area contributed by atoms with Crippen LogP contribution in [-0.2, 0) is 24.6 Å². The Balaban J connectivity index is 0.000000437. The minimum atomic E-state index is -1.14. The molecule has 1 N–H and O–H groups in total. The maximum atomic E-state index is 11.2. The number of halogens is 1. The zero-order chi connectivity index (χ0) is 13.6. The molecule has 0 aliphatic rings. The maximum absolute atomic E-state index is 11.2. The number of aromatic hydroxyl groups is 1. The van der Waals surface area contributed by atoms with Gasteiger partial charge in [0, 0.05) is 0 Å². The Labute approximate surface area is 113 Å². The van der Waals surface area contributed by atoms with Crippen molar-refractivity contribution in [2.24, 2.45) is 0 Å². The second-order valence-corrected chi connectivity index (χ2v) is 7.26. The summed E-state index contributed by atoms with van der Waals surface area (Å²) < 4.78 is 12.2. The number of rotatable bonds is 0. The number of hydrogen-bond acceptors (Lipinski definition) is 1. The van der Waals surface area contributed by atoms with Crippen molar-refractivity contribution >= 4 is 3.81 Å². The molecule has 1 aromatic carbocycles. The molecule has 0 radical (unpaired) electrons. The molecule has 0 aromatic heterocycles. The molecule has 0 heterocycles. The van der Waals surface area contributed by atoms with Gasteiger partial charge in [0.2, 0.25) is 0 Å². The fraction of sp³-hybridized carbons (Fsp3) is 0.500. The fourth-order valence-electron chi connectivity index (χ4n) is 1.20. The van der Waals surface area contributed by atoms with E-state index in [0.717, 1.165) is 9.37 Å². The Kier molecular flexibility index (Phi) is 6.88. The zero-order valence-electron chi connectivity index (χ0n) is 11.6. The minimum Gasteiger partial charge on any atom is -0.508 e. The molecule has 0 fully saturated rings. The molecule has 1 nitrogen and oxygen atoms in total. The summed E-state index contributed by atoms with van der Waals surface area (Å²) in [4.78, 5) is 0. The Hall–Kier alpha value is -0.466. The molecule has 0 unspecified atom stereocenters. The summed E-state index contributed by atoms with van der Waals surface area (Å²) in [5.41, 5.74) is 2.41. The van der Waals surface area contributed by atoms with Crippen LogP contribution in [0, 0.1) is 6.92 Å². The topological polar surface area (TPSA) is 20.2 Å². The second kappa shape index (κ2) is 7.08. The number of phenols is 1. The van der Waals surface area contributed by atoms with E-state index in [1.807, 2.05) is 26.8 Å². The molecule has 0 amide bonds. The van der Waals surface area contributed by atoms with Crippen LogP contribution in [0.2, 0.25) is 0 Å². The van der Waals surface area contributed by atoms with Crippen molar-refractivity contribution < 1.29 is 27.4 Å². The Morgan fingerprint density at radius 1 is 1.18 bits per heavy atom. The van der Waals surface area contributed by atoms with Gasteiger partial charge in [-0.1, -0.05) is 26.8 Å². The third-order valence-corrected chi connectivity index (χ3v) is 2.71. The van der Waals surface area contributed by atoms with Crippen LogP contribution in [0.1, 0.15) is 45.7 Å². The van der Waals surface area contributed by atoms with Crippen LogP contribution in [0.15, 0.2) is 18.2 Å². The van der Waals surface area contributed by atoms with E-state index in [2.05, 4.69) is 26.8 Å². The van der Waals surface area contributed by atoms with Gasteiger partial charge < -0.3 is 5.11 Å². The summed E-state index contributed by atoms with van der Waals surface area (Å²) in [6.07, 6.45) is 0. The quantitative estimate of drug-likeness (QED) is 0.703. The maximum Gasteiger partial charge on any atom is 0.116 e. The van der Waals surface area contributed by atoms with Crippen molar-refractivity contribution in [2.45, 2.75) is 47.0 Å². The van der Waals surface area contributed by atoms with Crippen molar-refractivity contribution in [2.75, 3.05) is 0 Å². The van der Waals surface area contributed by atoms with E-state index in [9.17, 15) is 8.20 Å². The van der Waals surface area contributed by atoms with E-state index in [-0.39, 0.29) is 5.41 Å². The molecule has 95 valence electrons. The third-order valence-electron chi connectivity index (χ3n) is 2.12. The van der Waals surface area contributed by atoms with Gasteiger partial charge in [-0.05, 0) is 35.6 Å². The minimum absolute atomic E-state index is 0.115. The fourth-order valence-corrected chi connectivity index (χ4v) is 1.20. The predicted molar refractivity (Wildman–Crippen MR) is 69.0 cm³/mol. The van der Waals surface area contributed by atoms with Crippen molar-refractivity contribution in [3.63, 3.8) is 0 Å².